The summed E-state index contributed by atoms with van der Waals surface area (Å²) >= 11 is 0. The molecule has 0 spiro atoms. The van der Waals surface area contributed by atoms with E-state index in [1.165, 1.54) is 6.07 Å². The topological polar surface area (TPSA) is 125 Å². The van der Waals surface area contributed by atoms with Crippen LogP contribution >= 0.6 is 0 Å². The number of aromatic hydroxyl groups is 2. The minimum absolute atomic E-state index is 0.0850. The molecule has 3 aromatic carbocycles. The molecule has 0 aliphatic carbocycles. The van der Waals surface area contributed by atoms with Crippen LogP contribution in [-0.2, 0) is 7.05 Å². The summed E-state index contributed by atoms with van der Waals surface area (Å²) in [6, 6.07) is 9.70. The number of aromatic nitrogens is 2. The molecule has 3 heterocycles. The average molecular weight is 386 g/mol. The van der Waals surface area contributed by atoms with Crippen LogP contribution in [0.15, 0.2) is 36.4 Å². The highest BCUT2D eigenvalue weighted by molar-refractivity contribution is 6.39. The maximum absolute atomic E-state index is 13.0. The molecule has 8 nitrogen and oxygen atoms in total. The maximum Gasteiger partial charge on any atom is 0.276 e. The van der Waals surface area contributed by atoms with Gasteiger partial charge in [0.15, 0.2) is 0 Å². The molecule has 0 atom stereocenters. The minimum Gasteiger partial charge on any atom is -0.508 e. The third-order valence-corrected chi connectivity index (χ3v) is 5.82. The Hall–Kier alpha value is -4.04. The standard InChI is InChI=1S/C21H14N4O4/c1-24-13-7-9(27)3-5-11(13)15-17-16(20(28)25(22)21(17)29)14-10-4-2-8(26)6-12(10)23-18(14)19(15)24/h2-7,23,26-27H,22H2,1H3. The Labute approximate surface area is 162 Å². The number of carbonyl (C=O) groups is 2. The van der Waals surface area contributed by atoms with Gasteiger partial charge in [-0.05, 0) is 24.3 Å². The van der Waals surface area contributed by atoms with Gasteiger partial charge in [0, 0.05) is 40.7 Å². The van der Waals surface area contributed by atoms with E-state index in [0.717, 1.165) is 5.39 Å². The molecule has 5 N–H and O–H groups in total. The molecular weight excluding hydrogens is 372 g/mol. The number of hydrogen-bond acceptors (Lipinski definition) is 5. The second-order valence-electron chi connectivity index (χ2n) is 7.32. The van der Waals surface area contributed by atoms with Crippen LogP contribution in [0, 0.1) is 0 Å². The number of phenols is 2. The molecule has 0 fully saturated rings. The molecule has 0 radical (unpaired) electrons. The van der Waals surface area contributed by atoms with Crippen molar-refractivity contribution in [1.29, 1.82) is 0 Å². The van der Waals surface area contributed by atoms with Gasteiger partial charge in [-0.15, -0.1) is 0 Å². The molecule has 1 aliphatic heterocycles. The van der Waals surface area contributed by atoms with Crippen LogP contribution in [0.2, 0.25) is 0 Å². The number of hydrazine groups is 1. The van der Waals surface area contributed by atoms with Crippen molar-refractivity contribution in [3.8, 4) is 11.5 Å². The first-order chi connectivity index (χ1) is 13.9. The Morgan fingerprint density at radius 2 is 1.52 bits per heavy atom. The molecule has 6 rings (SSSR count). The predicted molar refractivity (Wildman–Crippen MR) is 108 cm³/mol. The van der Waals surface area contributed by atoms with Gasteiger partial charge in [0.25, 0.3) is 11.8 Å². The molecule has 2 amide bonds. The zero-order valence-electron chi connectivity index (χ0n) is 15.1. The van der Waals surface area contributed by atoms with Crippen molar-refractivity contribution in [2.45, 2.75) is 0 Å². The fourth-order valence-corrected chi connectivity index (χ4v) is 4.60. The number of hydrogen-bond donors (Lipinski definition) is 4. The number of imide groups is 1. The van der Waals surface area contributed by atoms with Gasteiger partial charge in [-0.25, -0.2) is 10.9 Å². The van der Waals surface area contributed by atoms with Gasteiger partial charge in [-0.2, -0.15) is 0 Å². The largest absolute Gasteiger partial charge is 0.508 e. The van der Waals surface area contributed by atoms with Crippen LogP contribution in [-0.4, -0.2) is 36.6 Å². The predicted octanol–water partition coefficient (Wildman–Crippen LogP) is 2.85. The zero-order valence-corrected chi connectivity index (χ0v) is 15.1. The number of H-pyrrole nitrogens is 1. The van der Waals surface area contributed by atoms with Crippen LogP contribution in [0.4, 0.5) is 0 Å². The zero-order chi connectivity index (χ0) is 20.2. The van der Waals surface area contributed by atoms with Gasteiger partial charge in [-0.1, -0.05) is 0 Å². The van der Waals surface area contributed by atoms with Gasteiger partial charge in [0.05, 0.1) is 33.2 Å². The highest BCUT2D eigenvalue weighted by atomic mass is 16.3. The van der Waals surface area contributed by atoms with Gasteiger partial charge < -0.3 is 19.8 Å². The number of amides is 2. The van der Waals surface area contributed by atoms with Crippen LogP contribution in [0.25, 0.3) is 43.6 Å². The van der Waals surface area contributed by atoms with E-state index in [9.17, 15) is 19.8 Å². The van der Waals surface area contributed by atoms with Crippen molar-refractivity contribution in [3.63, 3.8) is 0 Å². The van der Waals surface area contributed by atoms with Crippen molar-refractivity contribution in [1.82, 2.24) is 14.6 Å². The summed E-state index contributed by atoms with van der Waals surface area (Å²) in [7, 11) is 1.83. The number of nitrogens with two attached hydrogens (primary N) is 1. The first kappa shape index (κ1) is 16.0. The molecule has 0 bridgehead atoms. The van der Waals surface area contributed by atoms with Gasteiger partial charge >= 0.3 is 0 Å². The Bertz CT molecular complexity index is 1590. The van der Waals surface area contributed by atoms with E-state index in [1.54, 1.807) is 30.3 Å². The van der Waals surface area contributed by atoms with E-state index >= 15 is 0 Å². The summed E-state index contributed by atoms with van der Waals surface area (Å²) in [6.45, 7) is 0. The summed E-state index contributed by atoms with van der Waals surface area (Å²) in [5, 5.41) is 23.1. The molecule has 0 saturated heterocycles. The summed E-state index contributed by atoms with van der Waals surface area (Å²) in [5.41, 5.74) is 3.23. The molecule has 8 heteroatoms. The smallest absolute Gasteiger partial charge is 0.276 e. The molecule has 0 unspecified atom stereocenters. The van der Waals surface area contributed by atoms with Crippen molar-refractivity contribution >= 4 is 55.4 Å². The number of phenolic OH excluding ortho intramolecular Hbond substituents is 2. The van der Waals surface area contributed by atoms with E-state index in [0.29, 0.717) is 43.2 Å². The van der Waals surface area contributed by atoms with Crippen LogP contribution < -0.4 is 5.84 Å². The molecule has 5 aromatic rings. The third-order valence-electron chi connectivity index (χ3n) is 5.82. The lowest BCUT2D eigenvalue weighted by Crippen LogP contribution is -2.36. The van der Waals surface area contributed by atoms with Crippen LogP contribution in [0.5, 0.6) is 11.5 Å². The van der Waals surface area contributed by atoms with Crippen molar-refractivity contribution in [2.24, 2.45) is 12.9 Å². The van der Waals surface area contributed by atoms with Gasteiger partial charge in [0.2, 0.25) is 0 Å². The maximum atomic E-state index is 13.0. The molecule has 1 aliphatic rings. The lowest BCUT2D eigenvalue weighted by Gasteiger charge is -2.04. The molecular formula is C21H14N4O4. The molecule has 2 aromatic heterocycles. The van der Waals surface area contributed by atoms with E-state index < -0.39 is 11.8 Å². The average Bonchev–Trinajstić information content (AvgIpc) is 3.27. The highest BCUT2D eigenvalue weighted by Gasteiger charge is 2.40. The summed E-state index contributed by atoms with van der Waals surface area (Å²) < 4.78 is 1.87. The minimum atomic E-state index is -0.568. The van der Waals surface area contributed by atoms with Crippen LogP contribution in [0.3, 0.4) is 0 Å². The van der Waals surface area contributed by atoms with Crippen molar-refractivity contribution < 1.29 is 19.8 Å². The number of aryl methyl sites for hydroxylation is 1. The Morgan fingerprint density at radius 3 is 2.24 bits per heavy atom. The first-order valence-electron chi connectivity index (χ1n) is 8.93. The lowest BCUT2D eigenvalue weighted by atomic mass is 9.96. The number of nitrogens with one attached hydrogen (secondary N) is 1. The quantitative estimate of drug-likeness (QED) is 0.185. The summed E-state index contributed by atoms with van der Waals surface area (Å²) in [6.07, 6.45) is 0. The lowest BCUT2D eigenvalue weighted by molar-refractivity contribution is 0.0655. The van der Waals surface area contributed by atoms with Gasteiger partial charge in [-0.3, -0.25) is 9.59 Å². The van der Waals surface area contributed by atoms with Crippen molar-refractivity contribution in [3.05, 3.63) is 47.5 Å². The Balaban J connectivity index is 2.01. The number of rotatable bonds is 0. The Kier molecular flexibility index (Phi) is 2.68. The SMILES string of the molecule is Cn1c2cc(O)ccc2c2c3c(c4c5ccc(O)cc5[nH]c4c21)C(=O)N(N)C3=O. The number of benzene rings is 3. The number of nitrogens with zero attached hydrogens (tertiary/aromatic N) is 2. The number of carbonyl (C=O) groups excluding carboxylic acids is 2. The Morgan fingerprint density at radius 1 is 0.897 bits per heavy atom. The fourth-order valence-electron chi connectivity index (χ4n) is 4.60. The molecule has 29 heavy (non-hydrogen) atoms. The molecule has 0 saturated carbocycles. The fraction of sp³-hybridized carbons (Fsp3) is 0.0476. The normalized spacial score (nSPS) is 14.2. The van der Waals surface area contributed by atoms with E-state index in [2.05, 4.69) is 4.98 Å². The van der Waals surface area contributed by atoms with Gasteiger partial charge in [0.1, 0.15) is 11.5 Å². The monoisotopic (exact) mass is 386 g/mol. The van der Waals surface area contributed by atoms with E-state index in [-0.39, 0.29) is 22.6 Å². The van der Waals surface area contributed by atoms with Crippen molar-refractivity contribution in [2.75, 3.05) is 0 Å². The summed E-state index contributed by atoms with van der Waals surface area (Å²) in [4.78, 5) is 29.2. The number of aromatic amines is 1. The second-order valence-corrected chi connectivity index (χ2v) is 7.32. The number of fused-ring (bicyclic) bond motifs is 10. The third kappa shape index (κ3) is 1.72. The summed E-state index contributed by atoms with van der Waals surface area (Å²) in [5.74, 6) is 4.85. The van der Waals surface area contributed by atoms with Crippen LogP contribution in [0.1, 0.15) is 20.7 Å². The molecule has 142 valence electrons. The highest BCUT2D eigenvalue weighted by Crippen LogP contribution is 2.44. The first-order valence-corrected chi connectivity index (χ1v) is 8.93. The van der Waals surface area contributed by atoms with E-state index in [4.69, 9.17) is 5.84 Å². The van der Waals surface area contributed by atoms with E-state index in [1.807, 2.05) is 11.6 Å². The second kappa shape index (κ2) is 4.86.